The molecule has 4 heteroatoms. The Morgan fingerprint density at radius 1 is 1.25 bits per heavy atom. The number of nitrogens with zero attached hydrogens (tertiary/aromatic N) is 1. The molecule has 5 unspecified atom stereocenters. The van der Waals surface area contributed by atoms with Crippen LogP contribution in [0.15, 0.2) is 30.3 Å². The van der Waals surface area contributed by atoms with Crippen molar-refractivity contribution in [2.75, 3.05) is 13.1 Å². The van der Waals surface area contributed by atoms with Gasteiger partial charge in [-0.25, -0.2) is 0 Å². The Morgan fingerprint density at radius 2 is 2.08 bits per heavy atom. The van der Waals surface area contributed by atoms with Crippen molar-refractivity contribution in [3.05, 3.63) is 35.9 Å². The lowest BCUT2D eigenvalue weighted by Crippen LogP contribution is -2.51. The summed E-state index contributed by atoms with van der Waals surface area (Å²) in [6.45, 7) is 5.37. The maximum Gasteiger partial charge on any atom is 0.226 e. The van der Waals surface area contributed by atoms with Gasteiger partial charge in [0.15, 0.2) is 0 Å². The molecule has 0 aliphatic carbocycles. The summed E-state index contributed by atoms with van der Waals surface area (Å²) in [5, 5.41) is 3.33. The Balaban J connectivity index is 1.28. The van der Waals surface area contributed by atoms with E-state index in [4.69, 9.17) is 4.74 Å². The van der Waals surface area contributed by atoms with Crippen LogP contribution < -0.4 is 5.32 Å². The number of benzene rings is 1. The normalized spacial score (nSPS) is 36.0. The summed E-state index contributed by atoms with van der Waals surface area (Å²) in [6, 6.07) is 10.9. The molecular formula is C20H28N2O2. The van der Waals surface area contributed by atoms with E-state index in [9.17, 15) is 4.79 Å². The number of piperidine rings is 1. The number of hydrogen-bond acceptors (Lipinski definition) is 3. The number of nitrogens with one attached hydrogen (secondary N) is 1. The molecule has 5 atom stereocenters. The van der Waals surface area contributed by atoms with Gasteiger partial charge in [-0.05, 0) is 37.2 Å². The molecule has 3 fully saturated rings. The van der Waals surface area contributed by atoms with Crippen LogP contribution in [0.25, 0.3) is 0 Å². The third kappa shape index (κ3) is 3.35. The lowest BCUT2D eigenvalue weighted by atomic mass is 9.87. The predicted octanol–water partition coefficient (Wildman–Crippen LogP) is 2.58. The molecule has 2 bridgehead atoms. The molecule has 1 N–H and O–H groups in total. The minimum absolute atomic E-state index is 0.0956. The number of carbonyl (C=O) groups is 1. The maximum absolute atomic E-state index is 12.6. The van der Waals surface area contributed by atoms with Crippen LogP contribution in [0.1, 0.15) is 38.2 Å². The highest BCUT2D eigenvalue weighted by molar-refractivity contribution is 5.80. The average Bonchev–Trinajstić information content (AvgIpc) is 3.21. The molecule has 4 rings (SSSR count). The fraction of sp³-hybridized carbons (Fsp3) is 0.650. The van der Waals surface area contributed by atoms with Crippen molar-refractivity contribution in [3.63, 3.8) is 0 Å². The summed E-state index contributed by atoms with van der Waals surface area (Å²) in [5.74, 6) is 0.819. The highest BCUT2D eigenvalue weighted by Gasteiger charge is 2.45. The topological polar surface area (TPSA) is 41.6 Å². The second-order valence-electron chi connectivity index (χ2n) is 7.82. The fourth-order valence-electron chi connectivity index (χ4n) is 4.64. The van der Waals surface area contributed by atoms with Crippen molar-refractivity contribution >= 4 is 5.91 Å². The van der Waals surface area contributed by atoms with Crippen molar-refractivity contribution in [2.24, 2.45) is 11.8 Å². The van der Waals surface area contributed by atoms with E-state index in [2.05, 4.69) is 47.5 Å². The monoisotopic (exact) mass is 328 g/mol. The van der Waals surface area contributed by atoms with E-state index in [0.717, 1.165) is 45.3 Å². The van der Waals surface area contributed by atoms with E-state index in [1.165, 1.54) is 5.56 Å². The highest BCUT2D eigenvalue weighted by atomic mass is 16.5. The van der Waals surface area contributed by atoms with Gasteiger partial charge in [-0.3, -0.25) is 9.69 Å². The van der Waals surface area contributed by atoms with Crippen LogP contribution in [-0.2, 0) is 16.1 Å². The van der Waals surface area contributed by atoms with Gasteiger partial charge in [0.2, 0.25) is 5.91 Å². The molecule has 1 amide bonds. The summed E-state index contributed by atoms with van der Waals surface area (Å²) in [4.78, 5) is 15.1. The fourth-order valence-corrected chi connectivity index (χ4v) is 4.64. The van der Waals surface area contributed by atoms with Gasteiger partial charge in [-0.1, -0.05) is 37.3 Å². The number of hydrogen-bond donors (Lipinski definition) is 1. The summed E-state index contributed by atoms with van der Waals surface area (Å²) < 4.78 is 5.84. The molecule has 0 spiro atoms. The number of rotatable bonds is 4. The van der Waals surface area contributed by atoms with Gasteiger partial charge in [-0.15, -0.1) is 0 Å². The molecule has 0 aromatic heterocycles. The molecule has 0 saturated carbocycles. The lowest BCUT2D eigenvalue weighted by Gasteiger charge is -2.38. The number of likely N-dealkylation sites (tertiary alicyclic amines) is 1. The van der Waals surface area contributed by atoms with Gasteiger partial charge in [0.05, 0.1) is 18.1 Å². The second kappa shape index (κ2) is 6.85. The molecule has 3 aliphatic rings. The Kier molecular flexibility index (Phi) is 4.59. The summed E-state index contributed by atoms with van der Waals surface area (Å²) in [6.07, 6.45) is 4.70. The lowest BCUT2D eigenvalue weighted by molar-refractivity contribution is -0.128. The SMILES string of the molecule is CC1CN(Cc2ccccc2)CCC1NC(=O)C1CC2CCC1O2. The first-order chi connectivity index (χ1) is 11.7. The minimum Gasteiger partial charge on any atom is -0.374 e. The molecule has 130 valence electrons. The van der Waals surface area contributed by atoms with E-state index in [1.807, 2.05) is 0 Å². The Labute approximate surface area is 144 Å². The second-order valence-corrected chi connectivity index (χ2v) is 7.82. The van der Waals surface area contributed by atoms with Crippen LogP contribution in [0, 0.1) is 11.8 Å². The van der Waals surface area contributed by atoms with E-state index in [1.54, 1.807) is 0 Å². The van der Waals surface area contributed by atoms with Crippen molar-refractivity contribution in [1.82, 2.24) is 10.2 Å². The number of carbonyl (C=O) groups excluding carboxylic acids is 1. The molecule has 0 radical (unpaired) electrons. The minimum atomic E-state index is 0.0956. The van der Waals surface area contributed by atoms with Gasteiger partial charge in [0.1, 0.15) is 0 Å². The average molecular weight is 328 g/mol. The third-order valence-electron chi connectivity index (χ3n) is 6.01. The highest BCUT2D eigenvalue weighted by Crippen LogP contribution is 2.39. The van der Waals surface area contributed by atoms with Crippen molar-refractivity contribution in [2.45, 2.75) is 57.4 Å². The Bertz CT molecular complexity index is 576. The molecule has 24 heavy (non-hydrogen) atoms. The smallest absolute Gasteiger partial charge is 0.226 e. The quantitative estimate of drug-likeness (QED) is 0.924. The molecule has 4 nitrogen and oxygen atoms in total. The number of amides is 1. The molecule has 1 aromatic carbocycles. The standard InChI is InChI=1S/C20H28N2O2/c1-14-12-22(13-15-5-3-2-4-6-15)10-9-18(14)21-20(23)17-11-16-7-8-19(17)24-16/h2-6,14,16-19H,7-13H2,1H3,(H,21,23). The zero-order valence-electron chi connectivity index (χ0n) is 14.5. The molecular weight excluding hydrogens is 300 g/mol. The first-order valence-corrected chi connectivity index (χ1v) is 9.41. The predicted molar refractivity (Wildman–Crippen MR) is 93.4 cm³/mol. The summed E-state index contributed by atoms with van der Waals surface area (Å²) >= 11 is 0. The first kappa shape index (κ1) is 16.1. The van der Waals surface area contributed by atoms with Crippen LogP contribution in [0.2, 0.25) is 0 Å². The molecule has 3 heterocycles. The van der Waals surface area contributed by atoms with Crippen molar-refractivity contribution in [1.29, 1.82) is 0 Å². The van der Waals surface area contributed by atoms with Crippen LogP contribution in [0.5, 0.6) is 0 Å². The van der Waals surface area contributed by atoms with E-state index >= 15 is 0 Å². The van der Waals surface area contributed by atoms with Crippen LogP contribution in [-0.4, -0.2) is 42.1 Å². The van der Waals surface area contributed by atoms with Gasteiger partial charge in [0, 0.05) is 25.7 Å². The molecule has 3 saturated heterocycles. The molecule has 3 aliphatic heterocycles. The van der Waals surface area contributed by atoms with Gasteiger partial charge in [-0.2, -0.15) is 0 Å². The Hall–Kier alpha value is -1.39. The van der Waals surface area contributed by atoms with Crippen LogP contribution >= 0.6 is 0 Å². The largest absolute Gasteiger partial charge is 0.374 e. The summed E-state index contributed by atoms with van der Waals surface area (Å²) in [5.41, 5.74) is 1.37. The number of ether oxygens (including phenoxy) is 1. The zero-order valence-corrected chi connectivity index (χ0v) is 14.5. The molecule has 1 aromatic rings. The van der Waals surface area contributed by atoms with E-state index < -0.39 is 0 Å². The van der Waals surface area contributed by atoms with Crippen molar-refractivity contribution in [3.8, 4) is 0 Å². The van der Waals surface area contributed by atoms with Crippen molar-refractivity contribution < 1.29 is 9.53 Å². The van der Waals surface area contributed by atoms with E-state index in [0.29, 0.717) is 18.1 Å². The first-order valence-electron chi connectivity index (χ1n) is 9.41. The van der Waals surface area contributed by atoms with Gasteiger partial charge < -0.3 is 10.1 Å². The van der Waals surface area contributed by atoms with Crippen LogP contribution in [0.3, 0.4) is 0 Å². The van der Waals surface area contributed by atoms with Crippen LogP contribution in [0.4, 0.5) is 0 Å². The zero-order chi connectivity index (χ0) is 16.5. The Morgan fingerprint density at radius 3 is 2.75 bits per heavy atom. The summed E-state index contributed by atoms with van der Waals surface area (Å²) in [7, 11) is 0. The number of fused-ring (bicyclic) bond motifs is 2. The third-order valence-corrected chi connectivity index (χ3v) is 6.01. The van der Waals surface area contributed by atoms with Gasteiger partial charge >= 0.3 is 0 Å². The van der Waals surface area contributed by atoms with E-state index in [-0.39, 0.29) is 17.9 Å². The van der Waals surface area contributed by atoms with Gasteiger partial charge in [0.25, 0.3) is 0 Å². The maximum atomic E-state index is 12.6.